The molecule has 0 aromatic heterocycles. The van der Waals surface area contributed by atoms with E-state index in [2.05, 4.69) is 0 Å². The third kappa shape index (κ3) is 5.46. The number of halogens is 2. The molecule has 0 bridgehead atoms. The van der Waals surface area contributed by atoms with Crippen molar-refractivity contribution in [2.75, 3.05) is 13.2 Å². The Morgan fingerprint density at radius 1 is 1.04 bits per heavy atom. The van der Waals surface area contributed by atoms with E-state index in [1.807, 2.05) is 54.6 Å². The van der Waals surface area contributed by atoms with Crippen LogP contribution in [0.3, 0.4) is 0 Å². The molecule has 0 N–H and O–H groups in total. The number of carbonyl (C=O) groups excluding carboxylic acids is 1. The van der Waals surface area contributed by atoms with Gasteiger partial charge in [-0.05, 0) is 36.4 Å². The van der Waals surface area contributed by atoms with Gasteiger partial charge in [-0.2, -0.15) is 0 Å². The zero-order valence-corrected chi connectivity index (χ0v) is 14.3. The normalized spacial score (nSPS) is 17.8. The number of alkyl halides is 2. The average Bonchev–Trinajstić information content (AvgIpc) is 3.20. The summed E-state index contributed by atoms with van der Waals surface area (Å²) in [6, 6.07) is 17.6. The summed E-state index contributed by atoms with van der Waals surface area (Å²) >= 11 is 1.65. The van der Waals surface area contributed by atoms with Gasteiger partial charge in [-0.25, -0.2) is 8.78 Å². The minimum Gasteiger partial charge on any atom is -0.490 e. The van der Waals surface area contributed by atoms with E-state index >= 15 is 0 Å². The van der Waals surface area contributed by atoms with Gasteiger partial charge in [0.1, 0.15) is 19.0 Å². The highest BCUT2D eigenvalue weighted by Gasteiger charge is 2.57. The van der Waals surface area contributed by atoms with Crippen LogP contribution in [0.2, 0.25) is 0 Å². The highest BCUT2D eigenvalue weighted by atomic mass is 32.2. The minimum atomic E-state index is -2.69. The number of hydrogen-bond acceptors (Lipinski definition) is 4. The molecule has 0 radical (unpaired) electrons. The maximum absolute atomic E-state index is 12.7. The molecular formula is C19H18F2O3S. The van der Waals surface area contributed by atoms with Crippen LogP contribution in [0.1, 0.15) is 12.8 Å². The topological polar surface area (TPSA) is 35.5 Å². The van der Waals surface area contributed by atoms with Crippen molar-refractivity contribution in [1.29, 1.82) is 0 Å². The van der Waals surface area contributed by atoms with Crippen molar-refractivity contribution in [3.8, 4) is 5.75 Å². The Labute approximate surface area is 149 Å². The fraction of sp³-hybridized carbons (Fsp3) is 0.316. The number of esters is 1. The van der Waals surface area contributed by atoms with Crippen LogP contribution in [0, 0.1) is 5.92 Å². The van der Waals surface area contributed by atoms with Gasteiger partial charge in [0.2, 0.25) is 0 Å². The molecule has 0 amide bonds. The summed E-state index contributed by atoms with van der Waals surface area (Å²) < 4.78 is 35.8. The van der Waals surface area contributed by atoms with Gasteiger partial charge in [0, 0.05) is 22.1 Å². The van der Waals surface area contributed by atoms with Crippen molar-refractivity contribution >= 4 is 17.7 Å². The SMILES string of the molecule is O=C(CC1CC1(F)F)OCCOc1ccc(Sc2ccccc2)cc1. The molecule has 2 aromatic rings. The molecule has 1 saturated carbocycles. The standard InChI is InChI=1S/C19H18F2O3S/c20-19(21)13-14(19)12-18(22)24-11-10-23-15-6-8-17(9-7-15)25-16-4-2-1-3-5-16/h1-9,14H,10-13H2. The van der Waals surface area contributed by atoms with Crippen LogP contribution in [0.5, 0.6) is 5.75 Å². The first-order chi connectivity index (χ1) is 12.0. The Bertz CT molecular complexity index is 704. The van der Waals surface area contributed by atoms with Crippen molar-refractivity contribution in [3.63, 3.8) is 0 Å². The zero-order valence-electron chi connectivity index (χ0n) is 13.5. The van der Waals surface area contributed by atoms with Gasteiger partial charge < -0.3 is 9.47 Å². The summed E-state index contributed by atoms with van der Waals surface area (Å²) in [5.74, 6) is -3.46. The summed E-state index contributed by atoms with van der Waals surface area (Å²) in [4.78, 5) is 13.6. The van der Waals surface area contributed by atoms with Crippen molar-refractivity contribution in [2.45, 2.75) is 28.6 Å². The first-order valence-electron chi connectivity index (χ1n) is 8.02. The largest absolute Gasteiger partial charge is 0.490 e. The minimum absolute atomic E-state index is 0.0532. The summed E-state index contributed by atoms with van der Waals surface area (Å²) in [5.41, 5.74) is 0. The number of ether oxygens (including phenoxy) is 2. The lowest BCUT2D eigenvalue weighted by atomic mass is 10.3. The van der Waals surface area contributed by atoms with E-state index in [9.17, 15) is 13.6 Å². The van der Waals surface area contributed by atoms with E-state index in [1.54, 1.807) is 11.8 Å². The summed E-state index contributed by atoms with van der Waals surface area (Å²) in [5, 5.41) is 0. The highest BCUT2D eigenvalue weighted by molar-refractivity contribution is 7.99. The van der Waals surface area contributed by atoms with Gasteiger partial charge in [-0.15, -0.1) is 0 Å². The van der Waals surface area contributed by atoms with Crippen LogP contribution in [0.15, 0.2) is 64.4 Å². The number of rotatable bonds is 8. The van der Waals surface area contributed by atoms with Gasteiger partial charge in [0.25, 0.3) is 5.92 Å². The maximum Gasteiger partial charge on any atom is 0.306 e. The lowest BCUT2D eigenvalue weighted by Crippen LogP contribution is -2.13. The number of benzene rings is 2. The molecule has 0 aliphatic heterocycles. The van der Waals surface area contributed by atoms with Crippen LogP contribution in [-0.4, -0.2) is 25.1 Å². The Kier molecular flexibility index (Phi) is 5.58. The molecule has 0 heterocycles. The molecule has 2 aromatic carbocycles. The van der Waals surface area contributed by atoms with E-state index in [0.29, 0.717) is 5.75 Å². The maximum atomic E-state index is 12.7. The van der Waals surface area contributed by atoms with Gasteiger partial charge in [-0.1, -0.05) is 30.0 Å². The van der Waals surface area contributed by atoms with Crippen LogP contribution < -0.4 is 4.74 Å². The van der Waals surface area contributed by atoms with E-state index in [4.69, 9.17) is 9.47 Å². The number of carbonyl (C=O) groups is 1. The Morgan fingerprint density at radius 3 is 2.32 bits per heavy atom. The molecular weight excluding hydrogens is 346 g/mol. The molecule has 1 aliphatic rings. The average molecular weight is 364 g/mol. The zero-order chi connectivity index (χ0) is 17.7. The lowest BCUT2D eigenvalue weighted by molar-refractivity contribution is -0.145. The third-order valence-electron chi connectivity index (χ3n) is 3.79. The van der Waals surface area contributed by atoms with E-state index in [-0.39, 0.29) is 26.1 Å². The fourth-order valence-corrected chi connectivity index (χ4v) is 3.13. The van der Waals surface area contributed by atoms with E-state index < -0.39 is 17.8 Å². The van der Waals surface area contributed by atoms with Crippen LogP contribution in [0.4, 0.5) is 8.78 Å². The molecule has 0 saturated heterocycles. The van der Waals surface area contributed by atoms with E-state index in [1.165, 1.54) is 0 Å². The van der Waals surface area contributed by atoms with Gasteiger partial charge in [-0.3, -0.25) is 4.79 Å². The lowest BCUT2D eigenvalue weighted by Gasteiger charge is -2.08. The molecule has 1 unspecified atom stereocenters. The Hall–Kier alpha value is -2.08. The van der Waals surface area contributed by atoms with Crippen LogP contribution in [-0.2, 0) is 9.53 Å². The van der Waals surface area contributed by atoms with Gasteiger partial charge >= 0.3 is 5.97 Å². The smallest absolute Gasteiger partial charge is 0.306 e. The molecule has 0 spiro atoms. The Morgan fingerprint density at radius 2 is 1.68 bits per heavy atom. The molecule has 1 aliphatic carbocycles. The number of hydrogen-bond donors (Lipinski definition) is 0. The molecule has 6 heteroatoms. The van der Waals surface area contributed by atoms with Gasteiger partial charge in [0.15, 0.2) is 0 Å². The summed E-state index contributed by atoms with van der Waals surface area (Å²) in [6.45, 7) is 0.246. The quantitative estimate of drug-likeness (QED) is 0.498. The van der Waals surface area contributed by atoms with Crippen molar-refractivity contribution in [2.24, 2.45) is 5.92 Å². The third-order valence-corrected chi connectivity index (χ3v) is 4.80. The second-order valence-corrected chi connectivity index (χ2v) is 6.97. The summed E-state index contributed by atoms with van der Waals surface area (Å²) in [7, 11) is 0. The van der Waals surface area contributed by atoms with Crippen molar-refractivity contribution in [3.05, 3.63) is 54.6 Å². The van der Waals surface area contributed by atoms with Crippen LogP contribution in [0.25, 0.3) is 0 Å². The summed E-state index contributed by atoms with van der Waals surface area (Å²) in [6.07, 6.45) is -0.440. The monoisotopic (exact) mass is 364 g/mol. The fourth-order valence-electron chi connectivity index (χ4n) is 2.29. The second-order valence-electron chi connectivity index (χ2n) is 5.82. The first-order valence-corrected chi connectivity index (χ1v) is 8.84. The van der Waals surface area contributed by atoms with E-state index in [0.717, 1.165) is 9.79 Å². The second kappa shape index (κ2) is 7.87. The highest BCUT2D eigenvalue weighted by Crippen LogP contribution is 2.50. The predicted molar refractivity (Wildman–Crippen MR) is 91.1 cm³/mol. The van der Waals surface area contributed by atoms with Gasteiger partial charge in [0.05, 0.1) is 6.42 Å². The molecule has 3 rings (SSSR count). The predicted octanol–water partition coefficient (Wildman–Crippen LogP) is 4.81. The molecule has 25 heavy (non-hydrogen) atoms. The molecule has 1 fully saturated rings. The molecule has 1 atom stereocenters. The van der Waals surface area contributed by atoms with Crippen molar-refractivity contribution in [1.82, 2.24) is 0 Å². The Balaban J connectivity index is 1.35. The molecule has 132 valence electrons. The first kappa shape index (κ1) is 17.7. The van der Waals surface area contributed by atoms with Crippen LogP contribution >= 0.6 is 11.8 Å². The van der Waals surface area contributed by atoms with Crippen molar-refractivity contribution < 1.29 is 23.0 Å². The molecule has 3 nitrogen and oxygen atoms in total.